The van der Waals surface area contributed by atoms with Crippen LogP contribution in [0.2, 0.25) is 0 Å². The van der Waals surface area contributed by atoms with E-state index >= 15 is 0 Å². The van der Waals surface area contributed by atoms with Gasteiger partial charge in [-0.3, -0.25) is 4.79 Å². The van der Waals surface area contributed by atoms with E-state index in [4.69, 9.17) is 0 Å². The largest absolute Gasteiger partial charge is 0.393 e. The first-order chi connectivity index (χ1) is 8.65. The molecule has 0 saturated heterocycles. The number of rotatable bonds is 3. The monoisotopic (exact) mass is 252 g/mol. The van der Waals surface area contributed by atoms with E-state index in [1.807, 2.05) is 0 Å². The van der Waals surface area contributed by atoms with Crippen LogP contribution in [-0.4, -0.2) is 28.6 Å². The van der Waals surface area contributed by atoms with Crippen LogP contribution in [0.3, 0.4) is 0 Å². The Morgan fingerprint density at radius 2 is 2.33 bits per heavy atom. The zero-order valence-electron chi connectivity index (χ0n) is 10.1. The highest BCUT2D eigenvalue weighted by molar-refractivity contribution is 5.92. The van der Waals surface area contributed by atoms with E-state index in [0.717, 1.165) is 25.7 Å². The lowest BCUT2D eigenvalue weighted by Gasteiger charge is -2.25. The fourth-order valence-corrected chi connectivity index (χ4v) is 2.31. The molecular weight excluding hydrogens is 235 g/mol. The van der Waals surface area contributed by atoms with Crippen molar-refractivity contribution in [3.05, 3.63) is 29.8 Å². The van der Waals surface area contributed by atoms with Crippen molar-refractivity contribution in [1.29, 1.82) is 0 Å². The topological polar surface area (TPSA) is 62.2 Å². The molecule has 1 saturated carbocycles. The number of carbonyl (C=O) groups excluding carboxylic acids is 1. The first-order valence-electron chi connectivity index (χ1n) is 6.24. The van der Waals surface area contributed by atoms with E-state index < -0.39 is 5.95 Å². The van der Waals surface area contributed by atoms with Crippen LogP contribution in [0.4, 0.5) is 4.39 Å². The molecule has 0 bridgehead atoms. The molecule has 5 heteroatoms. The summed E-state index contributed by atoms with van der Waals surface area (Å²) in [4.78, 5) is 15.2. The van der Waals surface area contributed by atoms with Crippen molar-refractivity contribution in [2.45, 2.75) is 31.8 Å². The molecule has 2 atom stereocenters. The Labute approximate surface area is 105 Å². The van der Waals surface area contributed by atoms with Gasteiger partial charge in [-0.2, -0.15) is 4.39 Å². The average molecular weight is 252 g/mol. The van der Waals surface area contributed by atoms with Crippen molar-refractivity contribution in [2.75, 3.05) is 6.54 Å². The van der Waals surface area contributed by atoms with Gasteiger partial charge in [0.25, 0.3) is 5.91 Å². The molecule has 1 aliphatic rings. The van der Waals surface area contributed by atoms with Crippen molar-refractivity contribution in [1.82, 2.24) is 10.3 Å². The molecule has 1 heterocycles. The van der Waals surface area contributed by atoms with E-state index in [9.17, 15) is 14.3 Å². The predicted octanol–water partition coefficient (Wildman–Crippen LogP) is 1.50. The fourth-order valence-electron chi connectivity index (χ4n) is 2.31. The van der Waals surface area contributed by atoms with Crippen LogP contribution >= 0.6 is 0 Å². The van der Waals surface area contributed by atoms with Crippen LogP contribution in [0.15, 0.2) is 18.2 Å². The Morgan fingerprint density at radius 3 is 3.06 bits per heavy atom. The second kappa shape index (κ2) is 5.91. The van der Waals surface area contributed by atoms with Crippen LogP contribution in [0.5, 0.6) is 0 Å². The summed E-state index contributed by atoms with van der Waals surface area (Å²) in [5.41, 5.74) is 0.0892. The zero-order valence-corrected chi connectivity index (χ0v) is 10.1. The van der Waals surface area contributed by atoms with Gasteiger partial charge in [-0.1, -0.05) is 12.5 Å². The van der Waals surface area contributed by atoms with E-state index in [0.29, 0.717) is 12.5 Å². The Balaban J connectivity index is 1.84. The Kier molecular flexibility index (Phi) is 4.25. The standard InChI is InChI=1S/C13H17FN2O2/c14-12-6-2-5-11(16-12)13(18)15-8-9-3-1-4-10(17)7-9/h2,5-6,9-10,17H,1,3-4,7-8H2,(H,15,18). The molecular formula is C13H17FN2O2. The van der Waals surface area contributed by atoms with Crippen LogP contribution in [-0.2, 0) is 0 Å². The molecule has 2 N–H and O–H groups in total. The van der Waals surface area contributed by atoms with Gasteiger partial charge < -0.3 is 10.4 Å². The van der Waals surface area contributed by atoms with E-state index in [1.54, 1.807) is 0 Å². The van der Waals surface area contributed by atoms with Crippen LogP contribution in [0, 0.1) is 11.9 Å². The van der Waals surface area contributed by atoms with Crippen molar-refractivity contribution in [2.24, 2.45) is 5.92 Å². The highest BCUT2D eigenvalue weighted by atomic mass is 19.1. The number of aromatic nitrogens is 1. The van der Waals surface area contributed by atoms with Gasteiger partial charge in [-0.15, -0.1) is 0 Å². The van der Waals surface area contributed by atoms with Crippen molar-refractivity contribution in [3.8, 4) is 0 Å². The maximum Gasteiger partial charge on any atom is 0.270 e. The summed E-state index contributed by atoms with van der Waals surface area (Å²) < 4.78 is 12.8. The summed E-state index contributed by atoms with van der Waals surface area (Å²) in [5.74, 6) is -0.725. The number of aliphatic hydroxyl groups is 1. The number of halogens is 1. The number of hydrogen-bond donors (Lipinski definition) is 2. The second-order valence-electron chi connectivity index (χ2n) is 4.74. The maximum atomic E-state index is 12.8. The molecule has 2 rings (SSSR count). The first kappa shape index (κ1) is 13.0. The quantitative estimate of drug-likeness (QED) is 0.801. The van der Waals surface area contributed by atoms with Gasteiger partial charge in [0.1, 0.15) is 5.69 Å². The molecule has 1 amide bonds. The van der Waals surface area contributed by atoms with Crippen LogP contribution in [0.1, 0.15) is 36.2 Å². The number of nitrogens with zero attached hydrogens (tertiary/aromatic N) is 1. The number of aliphatic hydroxyl groups excluding tert-OH is 1. The highest BCUT2D eigenvalue weighted by Gasteiger charge is 2.20. The molecule has 98 valence electrons. The lowest BCUT2D eigenvalue weighted by atomic mass is 9.87. The molecule has 0 aromatic carbocycles. The number of carbonyl (C=O) groups is 1. The Bertz CT molecular complexity index is 425. The van der Waals surface area contributed by atoms with Gasteiger partial charge in [0, 0.05) is 6.54 Å². The van der Waals surface area contributed by atoms with Gasteiger partial charge in [0.05, 0.1) is 6.10 Å². The van der Waals surface area contributed by atoms with Crippen LogP contribution in [0.25, 0.3) is 0 Å². The molecule has 4 nitrogen and oxygen atoms in total. The summed E-state index contributed by atoms with van der Waals surface area (Å²) in [5, 5.41) is 12.3. The van der Waals surface area contributed by atoms with Gasteiger partial charge in [-0.25, -0.2) is 4.98 Å². The fraction of sp³-hybridized carbons (Fsp3) is 0.538. The smallest absolute Gasteiger partial charge is 0.270 e. The number of amides is 1. The number of nitrogens with one attached hydrogen (secondary N) is 1. The van der Waals surface area contributed by atoms with Crippen molar-refractivity contribution >= 4 is 5.91 Å². The number of hydrogen-bond acceptors (Lipinski definition) is 3. The van der Waals surface area contributed by atoms with Crippen LogP contribution < -0.4 is 5.32 Å². The van der Waals surface area contributed by atoms with E-state index in [-0.39, 0.29) is 17.7 Å². The molecule has 0 radical (unpaired) electrons. The third kappa shape index (κ3) is 3.50. The third-order valence-electron chi connectivity index (χ3n) is 3.25. The second-order valence-corrected chi connectivity index (χ2v) is 4.74. The third-order valence-corrected chi connectivity index (χ3v) is 3.25. The Morgan fingerprint density at radius 1 is 1.50 bits per heavy atom. The minimum Gasteiger partial charge on any atom is -0.393 e. The summed E-state index contributed by atoms with van der Waals surface area (Å²) in [6, 6.07) is 4.14. The molecule has 1 aromatic rings. The average Bonchev–Trinajstić information content (AvgIpc) is 2.36. The van der Waals surface area contributed by atoms with Crippen molar-refractivity contribution in [3.63, 3.8) is 0 Å². The lowest BCUT2D eigenvalue weighted by molar-refractivity contribution is 0.0869. The summed E-state index contributed by atoms with van der Waals surface area (Å²) in [7, 11) is 0. The van der Waals surface area contributed by atoms with E-state index in [2.05, 4.69) is 10.3 Å². The summed E-state index contributed by atoms with van der Waals surface area (Å²) in [6.07, 6.45) is 3.30. The maximum absolute atomic E-state index is 12.8. The highest BCUT2D eigenvalue weighted by Crippen LogP contribution is 2.23. The van der Waals surface area contributed by atoms with Gasteiger partial charge in [0.2, 0.25) is 5.95 Å². The molecule has 0 spiro atoms. The summed E-state index contributed by atoms with van der Waals surface area (Å²) in [6.45, 7) is 0.508. The predicted molar refractivity (Wildman–Crippen MR) is 64.5 cm³/mol. The molecule has 1 aliphatic carbocycles. The van der Waals surface area contributed by atoms with Gasteiger partial charge >= 0.3 is 0 Å². The minimum atomic E-state index is -0.657. The molecule has 2 unspecified atom stereocenters. The van der Waals surface area contributed by atoms with Crippen molar-refractivity contribution < 1.29 is 14.3 Å². The SMILES string of the molecule is O=C(NCC1CCCC(O)C1)c1cccc(F)n1. The zero-order chi connectivity index (χ0) is 13.0. The molecule has 1 fully saturated rings. The Hall–Kier alpha value is -1.49. The lowest BCUT2D eigenvalue weighted by Crippen LogP contribution is -2.33. The molecule has 18 heavy (non-hydrogen) atoms. The number of pyridine rings is 1. The molecule has 0 aliphatic heterocycles. The first-order valence-corrected chi connectivity index (χ1v) is 6.24. The van der Waals surface area contributed by atoms with Gasteiger partial charge in [-0.05, 0) is 37.3 Å². The normalized spacial score (nSPS) is 23.7. The summed E-state index contributed by atoms with van der Waals surface area (Å²) >= 11 is 0. The van der Waals surface area contributed by atoms with E-state index in [1.165, 1.54) is 18.2 Å². The minimum absolute atomic E-state index is 0.0892. The van der Waals surface area contributed by atoms with Gasteiger partial charge in [0.15, 0.2) is 0 Å². The molecule has 1 aromatic heterocycles.